The molecule has 3 aromatic carbocycles. The van der Waals surface area contributed by atoms with E-state index in [9.17, 15) is 4.79 Å². The van der Waals surface area contributed by atoms with E-state index in [1.165, 1.54) is 5.56 Å². The Labute approximate surface area is 201 Å². The van der Waals surface area contributed by atoms with E-state index in [1.807, 2.05) is 31.2 Å². The normalized spacial score (nSPS) is 11.4. The van der Waals surface area contributed by atoms with Gasteiger partial charge in [-0.3, -0.25) is 4.79 Å². The van der Waals surface area contributed by atoms with Gasteiger partial charge in [0, 0.05) is 28.7 Å². The molecule has 0 spiro atoms. The first kappa shape index (κ1) is 23.3. The molecule has 1 heterocycles. The van der Waals surface area contributed by atoms with Crippen molar-refractivity contribution in [3.05, 3.63) is 101 Å². The minimum absolute atomic E-state index is 0.0880. The van der Waals surface area contributed by atoms with E-state index in [1.54, 1.807) is 6.21 Å². The average Bonchev–Trinajstić information content (AvgIpc) is 3.09. The Morgan fingerprint density at radius 3 is 2.53 bits per heavy atom. The number of nitrogens with one attached hydrogen (secondary N) is 1. The van der Waals surface area contributed by atoms with Gasteiger partial charge < -0.3 is 9.30 Å². The predicted octanol–water partition coefficient (Wildman–Crippen LogP) is 5.96. The van der Waals surface area contributed by atoms with Crippen LogP contribution in [-0.2, 0) is 11.3 Å². The van der Waals surface area contributed by atoms with E-state index < -0.39 is 0 Å². The second kappa shape index (κ2) is 10.4. The molecule has 0 saturated carbocycles. The Morgan fingerprint density at radius 1 is 1.03 bits per heavy atom. The molecule has 0 aliphatic heterocycles. The van der Waals surface area contributed by atoms with Crippen LogP contribution in [0.5, 0.6) is 5.75 Å². The highest BCUT2D eigenvalue weighted by Crippen LogP contribution is 2.28. The first-order valence-corrected chi connectivity index (χ1v) is 11.6. The SMILES string of the molecule is Cc1ccc(C(C)C)c(OCC(=O)NN=Cc2c(C)n(Cc3ccccc3)c3ccccc23)c1. The van der Waals surface area contributed by atoms with Crippen molar-refractivity contribution in [1.29, 1.82) is 0 Å². The van der Waals surface area contributed by atoms with Crippen molar-refractivity contribution < 1.29 is 9.53 Å². The predicted molar refractivity (Wildman–Crippen MR) is 139 cm³/mol. The van der Waals surface area contributed by atoms with Crippen LogP contribution in [0.2, 0.25) is 0 Å². The summed E-state index contributed by atoms with van der Waals surface area (Å²) in [5, 5.41) is 5.35. The lowest BCUT2D eigenvalue weighted by Gasteiger charge is -2.14. The topological polar surface area (TPSA) is 55.6 Å². The smallest absolute Gasteiger partial charge is 0.277 e. The summed E-state index contributed by atoms with van der Waals surface area (Å²) in [6.07, 6.45) is 1.73. The lowest BCUT2D eigenvalue weighted by atomic mass is 10.0. The third-order valence-corrected chi connectivity index (χ3v) is 6.00. The molecule has 1 N–H and O–H groups in total. The number of hydrazone groups is 1. The molecular weight excluding hydrogens is 422 g/mol. The van der Waals surface area contributed by atoms with Crippen molar-refractivity contribution in [2.24, 2.45) is 5.10 Å². The van der Waals surface area contributed by atoms with Gasteiger partial charge in [0.25, 0.3) is 5.91 Å². The minimum Gasteiger partial charge on any atom is -0.483 e. The zero-order chi connectivity index (χ0) is 24.1. The molecule has 174 valence electrons. The molecule has 1 aromatic heterocycles. The van der Waals surface area contributed by atoms with Crippen molar-refractivity contribution in [2.75, 3.05) is 6.61 Å². The zero-order valence-corrected chi connectivity index (χ0v) is 20.2. The molecule has 0 bridgehead atoms. The van der Waals surface area contributed by atoms with Gasteiger partial charge in [-0.05, 0) is 48.6 Å². The Balaban J connectivity index is 1.47. The van der Waals surface area contributed by atoms with Crippen LogP contribution in [0.1, 0.15) is 47.7 Å². The maximum atomic E-state index is 12.4. The first-order valence-electron chi connectivity index (χ1n) is 11.6. The monoisotopic (exact) mass is 453 g/mol. The molecule has 1 amide bonds. The number of nitrogens with zero attached hydrogens (tertiary/aromatic N) is 2. The van der Waals surface area contributed by atoms with Crippen molar-refractivity contribution in [2.45, 2.75) is 40.2 Å². The van der Waals surface area contributed by atoms with E-state index in [0.717, 1.165) is 45.6 Å². The number of carbonyl (C=O) groups is 1. The number of hydrogen-bond donors (Lipinski definition) is 1. The summed E-state index contributed by atoms with van der Waals surface area (Å²) < 4.78 is 8.10. The molecule has 0 atom stereocenters. The summed E-state index contributed by atoms with van der Waals surface area (Å²) >= 11 is 0. The van der Waals surface area contributed by atoms with Gasteiger partial charge in [-0.1, -0.05) is 74.5 Å². The van der Waals surface area contributed by atoms with E-state index in [0.29, 0.717) is 5.92 Å². The molecule has 34 heavy (non-hydrogen) atoms. The second-order valence-corrected chi connectivity index (χ2v) is 8.87. The van der Waals surface area contributed by atoms with Gasteiger partial charge in [0.05, 0.1) is 6.21 Å². The Kier molecular flexibility index (Phi) is 7.12. The summed E-state index contributed by atoms with van der Waals surface area (Å²) in [6.45, 7) is 9.00. The van der Waals surface area contributed by atoms with E-state index in [-0.39, 0.29) is 12.5 Å². The largest absolute Gasteiger partial charge is 0.483 e. The standard InChI is InChI=1S/C29H31N3O2/c1-20(2)24-15-14-21(3)16-28(24)34-19-29(33)31-30-17-26-22(4)32(18-23-10-6-5-7-11-23)27-13-9-8-12-25(26)27/h5-17,20H,18-19H2,1-4H3,(H,31,33). The van der Waals surface area contributed by atoms with Crippen molar-refractivity contribution in [1.82, 2.24) is 9.99 Å². The Bertz CT molecular complexity index is 1320. The minimum atomic E-state index is -0.293. The molecule has 0 aliphatic carbocycles. The molecular formula is C29H31N3O2. The molecule has 0 aliphatic rings. The van der Waals surface area contributed by atoms with Crippen LogP contribution in [0, 0.1) is 13.8 Å². The summed E-state index contributed by atoms with van der Waals surface area (Å²) in [7, 11) is 0. The number of aryl methyl sites for hydroxylation is 1. The lowest BCUT2D eigenvalue weighted by molar-refractivity contribution is -0.123. The summed E-state index contributed by atoms with van der Waals surface area (Å²) in [5.41, 5.74) is 9.26. The van der Waals surface area contributed by atoms with Gasteiger partial charge in [-0.25, -0.2) is 5.43 Å². The fraction of sp³-hybridized carbons (Fsp3) is 0.241. The number of para-hydroxylation sites is 1. The Morgan fingerprint density at radius 2 is 1.76 bits per heavy atom. The maximum absolute atomic E-state index is 12.4. The highest BCUT2D eigenvalue weighted by molar-refractivity contribution is 6.01. The van der Waals surface area contributed by atoms with Gasteiger partial charge in [-0.15, -0.1) is 0 Å². The van der Waals surface area contributed by atoms with Crippen molar-refractivity contribution >= 4 is 23.0 Å². The number of ether oxygens (including phenoxy) is 1. The number of rotatable bonds is 8. The number of fused-ring (bicyclic) bond motifs is 1. The molecule has 5 heteroatoms. The lowest BCUT2D eigenvalue weighted by Crippen LogP contribution is -2.25. The third-order valence-electron chi connectivity index (χ3n) is 6.00. The molecule has 0 fully saturated rings. The first-order chi connectivity index (χ1) is 16.4. The van der Waals surface area contributed by atoms with Gasteiger partial charge in [0.1, 0.15) is 5.75 Å². The third kappa shape index (κ3) is 5.20. The maximum Gasteiger partial charge on any atom is 0.277 e. The average molecular weight is 454 g/mol. The number of aromatic nitrogens is 1. The van der Waals surface area contributed by atoms with Crippen LogP contribution in [0.25, 0.3) is 10.9 Å². The van der Waals surface area contributed by atoms with Gasteiger partial charge in [0.2, 0.25) is 0 Å². The van der Waals surface area contributed by atoms with E-state index in [4.69, 9.17) is 4.74 Å². The number of hydrogen-bond acceptors (Lipinski definition) is 3. The quantitative estimate of drug-likeness (QED) is 0.264. The van der Waals surface area contributed by atoms with Crippen LogP contribution >= 0.6 is 0 Å². The summed E-state index contributed by atoms with van der Waals surface area (Å²) in [4.78, 5) is 12.4. The van der Waals surface area contributed by atoms with Crippen LogP contribution in [0.15, 0.2) is 77.9 Å². The van der Waals surface area contributed by atoms with Crippen LogP contribution in [-0.4, -0.2) is 23.3 Å². The fourth-order valence-corrected chi connectivity index (χ4v) is 4.18. The molecule has 0 radical (unpaired) electrons. The van der Waals surface area contributed by atoms with Crippen LogP contribution < -0.4 is 10.2 Å². The Hall–Kier alpha value is -3.86. The van der Waals surface area contributed by atoms with Crippen LogP contribution in [0.4, 0.5) is 0 Å². The number of amides is 1. The summed E-state index contributed by atoms with van der Waals surface area (Å²) in [5.74, 6) is 0.764. The molecule has 4 aromatic rings. The second-order valence-electron chi connectivity index (χ2n) is 8.87. The highest BCUT2D eigenvalue weighted by atomic mass is 16.5. The fourth-order valence-electron chi connectivity index (χ4n) is 4.18. The highest BCUT2D eigenvalue weighted by Gasteiger charge is 2.13. The van der Waals surface area contributed by atoms with Gasteiger partial charge in [0.15, 0.2) is 6.61 Å². The van der Waals surface area contributed by atoms with E-state index >= 15 is 0 Å². The van der Waals surface area contributed by atoms with E-state index in [2.05, 4.69) is 84.4 Å². The van der Waals surface area contributed by atoms with Gasteiger partial charge >= 0.3 is 0 Å². The number of carbonyl (C=O) groups excluding carboxylic acids is 1. The van der Waals surface area contributed by atoms with Crippen LogP contribution in [0.3, 0.4) is 0 Å². The van der Waals surface area contributed by atoms with Crippen molar-refractivity contribution in [3.8, 4) is 5.75 Å². The number of benzene rings is 3. The zero-order valence-electron chi connectivity index (χ0n) is 20.2. The van der Waals surface area contributed by atoms with Gasteiger partial charge in [-0.2, -0.15) is 5.10 Å². The molecule has 4 rings (SSSR count). The summed E-state index contributed by atoms with van der Waals surface area (Å²) in [6, 6.07) is 24.7. The van der Waals surface area contributed by atoms with Crippen molar-refractivity contribution in [3.63, 3.8) is 0 Å². The molecule has 0 unspecified atom stereocenters. The molecule has 0 saturated heterocycles. The molecule has 5 nitrogen and oxygen atoms in total.